The minimum Gasteiger partial charge on any atom is -0.494 e. The number of carbonyl (C=O) groups excluding carboxylic acids is 2. The Balaban J connectivity index is 2.07. The summed E-state index contributed by atoms with van der Waals surface area (Å²) in [6.07, 6.45) is 0.360. The Morgan fingerprint density at radius 3 is 2.20 bits per heavy atom. The van der Waals surface area contributed by atoms with Crippen molar-refractivity contribution >= 4 is 43.5 Å². The van der Waals surface area contributed by atoms with Crippen LogP contribution in [0, 0.1) is 6.92 Å². The molecule has 10 heteroatoms. The van der Waals surface area contributed by atoms with Gasteiger partial charge in [0, 0.05) is 17.1 Å². The fraction of sp³-hybridized carbons (Fsp3) is 0.355. The molecule has 2 amide bonds. The van der Waals surface area contributed by atoms with Crippen LogP contribution in [-0.2, 0) is 26.2 Å². The molecule has 8 nitrogen and oxygen atoms in total. The van der Waals surface area contributed by atoms with Crippen molar-refractivity contribution in [2.75, 3.05) is 17.5 Å². The maximum atomic E-state index is 14.1. The first kappa shape index (κ1) is 32.1. The molecular formula is C31H38BrN3O5S. The number of anilines is 1. The van der Waals surface area contributed by atoms with Gasteiger partial charge in [0.25, 0.3) is 10.0 Å². The number of hydrogen-bond donors (Lipinski definition) is 1. The summed E-state index contributed by atoms with van der Waals surface area (Å²) in [6, 6.07) is 19.6. The highest BCUT2D eigenvalue weighted by Crippen LogP contribution is 2.27. The van der Waals surface area contributed by atoms with Crippen LogP contribution in [0.3, 0.4) is 0 Å². The Hall–Kier alpha value is -3.37. The quantitative estimate of drug-likeness (QED) is 0.258. The minimum atomic E-state index is -4.15. The second-order valence-electron chi connectivity index (χ2n) is 9.99. The fourth-order valence-corrected chi connectivity index (χ4v) is 6.12. The summed E-state index contributed by atoms with van der Waals surface area (Å²) < 4.78 is 35.3. The van der Waals surface area contributed by atoms with Crippen LogP contribution in [0.4, 0.5) is 5.69 Å². The molecule has 0 aromatic heterocycles. The average molecular weight is 645 g/mol. The highest BCUT2D eigenvalue weighted by molar-refractivity contribution is 9.10. The van der Waals surface area contributed by atoms with E-state index in [0.29, 0.717) is 24.5 Å². The van der Waals surface area contributed by atoms with Gasteiger partial charge in [-0.25, -0.2) is 8.42 Å². The predicted octanol–water partition coefficient (Wildman–Crippen LogP) is 5.68. The normalized spacial score (nSPS) is 12.1. The smallest absolute Gasteiger partial charge is 0.264 e. The molecule has 3 aromatic rings. The zero-order valence-corrected chi connectivity index (χ0v) is 26.5. The van der Waals surface area contributed by atoms with Crippen LogP contribution in [0.5, 0.6) is 5.75 Å². The molecule has 0 aliphatic heterocycles. The van der Waals surface area contributed by atoms with E-state index in [0.717, 1.165) is 19.9 Å². The SMILES string of the molecule is CCOc1ccc(N(CC(=O)N(Cc2cccc(C)c2)[C@@H](CC)C(=O)NC(C)C)S(=O)(=O)c2ccc(Br)cc2)cc1. The molecule has 0 saturated heterocycles. The molecule has 220 valence electrons. The summed E-state index contributed by atoms with van der Waals surface area (Å²) in [5.41, 5.74) is 2.17. The third-order valence-electron chi connectivity index (χ3n) is 6.37. The van der Waals surface area contributed by atoms with Crippen molar-refractivity contribution in [1.82, 2.24) is 10.2 Å². The summed E-state index contributed by atoms with van der Waals surface area (Å²) in [4.78, 5) is 28.9. The number of sulfonamides is 1. The van der Waals surface area contributed by atoms with Crippen molar-refractivity contribution < 1.29 is 22.7 Å². The van der Waals surface area contributed by atoms with Gasteiger partial charge in [-0.3, -0.25) is 13.9 Å². The summed E-state index contributed by atoms with van der Waals surface area (Å²) in [5, 5.41) is 2.91. The number of aryl methyl sites for hydroxylation is 1. The average Bonchev–Trinajstić information content (AvgIpc) is 2.92. The van der Waals surface area contributed by atoms with Gasteiger partial charge in [-0.1, -0.05) is 52.7 Å². The number of amides is 2. The highest BCUT2D eigenvalue weighted by atomic mass is 79.9. The van der Waals surface area contributed by atoms with Gasteiger partial charge in [0.1, 0.15) is 18.3 Å². The van der Waals surface area contributed by atoms with Crippen LogP contribution in [0.1, 0.15) is 45.2 Å². The number of nitrogens with zero attached hydrogens (tertiary/aromatic N) is 2. The van der Waals surface area contributed by atoms with Crippen LogP contribution in [0.25, 0.3) is 0 Å². The number of hydrogen-bond acceptors (Lipinski definition) is 5. The van der Waals surface area contributed by atoms with E-state index in [1.54, 1.807) is 36.4 Å². The number of benzene rings is 3. The molecule has 0 heterocycles. The molecule has 0 spiro atoms. The third-order valence-corrected chi connectivity index (χ3v) is 8.69. The van der Waals surface area contributed by atoms with E-state index in [-0.39, 0.29) is 23.4 Å². The maximum absolute atomic E-state index is 14.1. The Bertz CT molecular complexity index is 1430. The van der Waals surface area contributed by atoms with E-state index in [4.69, 9.17) is 4.74 Å². The van der Waals surface area contributed by atoms with Crippen LogP contribution < -0.4 is 14.4 Å². The van der Waals surface area contributed by atoms with Crippen molar-refractivity contribution in [1.29, 1.82) is 0 Å². The third kappa shape index (κ3) is 8.56. The van der Waals surface area contributed by atoms with Crippen LogP contribution in [0.15, 0.2) is 82.2 Å². The van der Waals surface area contributed by atoms with Gasteiger partial charge >= 0.3 is 0 Å². The molecule has 3 rings (SSSR count). The topological polar surface area (TPSA) is 96.0 Å². The van der Waals surface area contributed by atoms with Gasteiger partial charge in [-0.15, -0.1) is 0 Å². The van der Waals surface area contributed by atoms with E-state index in [1.807, 2.05) is 58.9 Å². The van der Waals surface area contributed by atoms with Crippen molar-refractivity contribution in [3.63, 3.8) is 0 Å². The molecule has 3 aromatic carbocycles. The Morgan fingerprint density at radius 2 is 1.63 bits per heavy atom. The molecule has 0 unspecified atom stereocenters. The maximum Gasteiger partial charge on any atom is 0.264 e. The number of rotatable bonds is 13. The molecule has 0 aliphatic carbocycles. The zero-order chi connectivity index (χ0) is 30.2. The molecular weight excluding hydrogens is 606 g/mol. The molecule has 1 atom stereocenters. The molecule has 0 bridgehead atoms. The van der Waals surface area contributed by atoms with Gasteiger partial charge in [-0.05, 0) is 88.2 Å². The van der Waals surface area contributed by atoms with Crippen molar-refractivity contribution in [3.8, 4) is 5.75 Å². The van der Waals surface area contributed by atoms with Crippen molar-refractivity contribution in [3.05, 3.63) is 88.4 Å². The molecule has 41 heavy (non-hydrogen) atoms. The van der Waals surface area contributed by atoms with Gasteiger partial charge in [-0.2, -0.15) is 0 Å². The fourth-order valence-electron chi connectivity index (χ4n) is 4.45. The van der Waals surface area contributed by atoms with Crippen LogP contribution >= 0.6 is 15.9 Å². The van der Waals surface area contributed by atoms with Crippen LogP contribution in [-0.4, -0.2) is 50.4 Å². The van der Waals surface area contributed by atoms with Crippen molar-refractivity contribution in [2.24, 2.45) is 0 Å². The lowest BCUT2D eigenvalue weighted by molar-refractivity contribution is -0.140. The standard InChI is InChI=1S/C31H38BrN3O5S/c1-6-29(31(37)33-22(3)4)34(20-24-10-8-9-23(5)19-24)30(36)21-35(26-13-15-27(16-14-26)40-7-2)41(38,39)28-17-11-25(32)12-18-28/h8-19,22,29H,6-7,20-21H2,1-5H3,(H,33,37)/t29-/m0/s1. The first-order chi connectivity index (χ1) is 19.5. The number of ether oxygens (including phenoxy) is 1. The number of nitrogens with one attached hydrogen (secondary N) is 1. The summed E-state index contributed by atoms with van der Waals surface area (Å²) >= 11 is 3.35. The van der Waals surface area contributed by atoms with Gasteiger partial charge < -0.3 is 15.0 Å². The Labute approximate surface area is 251 Å². The first-order valence-corrected chi connectivity index (χ1v) is 15.9. The van der Waals surface area contributed by atoms with E-state index in [9.17, 15) is 18.0 Å². The zero-order valence-electron chi connectivity index (χ0n) is 24.1. The van der Waals surface area contributed by atoms with Gasteiger partial charge in [0.15, 0.2) is 0 Å². The molecule has 1 N–H and O–H groups in total. The van der Waals surface area contributed by atoms with Gasteiger partial charge in [0.2, 0.25) is 11.8 Å². The predicted molar refractivity (Wildman–Crippen MR) is 165 cm³/mol. The van der Waals surface area contributed by atoms with E-state index in [1.165, 1.54) is 17.0 Å². The number of carbonyl (C=O) groups is 2. The van der Waals surface area contributed by atoms with Gasteiger partial charge in [0.05, 0.1) is 17.2 Å². The summed E-state index contributed by atoms with van der Waals surface area (Å²) in [6.45, 7) is 9.48. The molecule has 0 fully saturated rings. The monoisotopic (exact) mass is 643 g/mol. The minimum absolute atomic E-state index is 0.0391. The second kappa shape index (κ2) is 14.5. The molecule has 0 radical (unpaired) electrons. The lowest BCUT2D eigenvalue weighted by Gasteiger charge is -2.33. The Morgan fingerprint density at radius 1 is 0.976 bits per heavy atom. The Kier molecular flexibility index (Phi) is 11.4. The van der Waals surface area contributed by atoms with Crippen LogP contribution in [0.2, 0.25) is 0 Å². The van der Waals surface area contributed by atoms with E-state index >= 15 is 0 Å². The summed E-state index contributed by atoms with van der Waals surface area (Å²) in [7, 11) is -4.15. The lowest BCUT2D eigenvalue weighted by Crippen LogP contribution is -2.53. The van der Waals surface area contributed by atoms with E-state index < -0.39 is 28.5 Å². The largest absolute Gasteiger partial charge is 0.494 e. The number of halogens is 1. The van der Waals surface area contributed by atoms with Crippen molar-refractivity contribution in [2.45, 2.75) is 64.6 Å². The summed E-state index contributed by atoms with van der Waals surface area (Å²) in [5.74, 6) is -0.195. The second-order valence-corrected chi connectivity index (χ2v) is 12.8. The molecule has 0 saturated carbocycles. The molecule has 0 aliphatic rings. The first-order valence-electron chi connectivity index (χ1n) is 13.6. The lowest BCUT2D eigenvalue weighted by atomic mass is 10.1. The highest BCUT2D eigenvalue weighted by Gasteiger charge is 2.34. The van der Waals surface area contributed by atoms with E-state index in [2.05, 4.69) is 21.2 Å².